The highest BCUT2D eigenvalue weighted by atomic mass is 16.6. The Balaban J connectivity index is 1.54. The van der Waals surface area contributed by atoms with E-state index in [9.17, 15) is 9.59 Å². The summed E-state index contributed by atoms with van der Waals surface area (Å²) in [6.07, 6.45) is 4.21. The molecular formula is C13H21N3O3. The van der Waals surface area contributed by atoms with E-state index in [0.29, 0.717) is 37.8 Å². The number of amides is 2. The van der Waals surface area contributed by atoms with Crippen LogP contribution in [0, 0.1) is 0 Å². The van der Waals surface area contributed by atoms with Crippen LogP contribution >= 0.6 is 0 Å². The standard InChI is InChI=1S/C13H21N3O3/c1-15(8-12(17)16-4-5-19-13(16)18)11-6-9-2-3-10(7-11)14-9/h9-11,14H,2-8H2,1H3. The zero-order chi connectivity index (χ0) is 13.4. The Hall–Kier alpha value is -1.14. The number of carbonyl (C=O) groups excluding carboxylic acids is 2. The van der Waals surface area contributed by atoms with Crippen LogP contribution in [-0.4, -0.2) is 66.7 Å². The Morgan fingerprint density at radius 1 is 1.42 bits per heavy atom. The van der Waals surface area contributed by atoms with Crippen molar-refractivity contribution in [1.29, 1.82) is 0 Å². The molecule has 2 unspecified atom stereocenters. The van der Waals surface area contributed by atoms with E-state index in [4.69, 9.17) is 4.74 Å². The first-order valence-corrected chi connectivity index (χ1v) is 7.07. The number of nitrogens with zero attached hydrogens (tertiary/aromatic N) is 2. The fourth-order valence-electron chi connectivity index (χ4n) is 3.43. The molecule has 0 aliphatic carbocycles. The molecule has 0 aromatic carbocycles. The highest BCUT2D eigenvalue weighted by Gasteiger charge is 2.36. The lowest BCUT2D eigenvalue weighted by atomic mass is 9.98. The number of hydrogen-bond donors (Lipinski definition) is 1. The van der Waals surface area contributed by atoms with Crippen LogP contribution in [-0.2, 0) is 9.53 Å². The lowest BCUT2D eigenvalue weighted by Gasteiger charge is -2.35. The number of cyclic esters (lactones) is 1. The second-order valence-electron chi connectivity index (χ2n) is 5.84. The van der Waals surface area contributed by atoms with Gasteiger partial charge in [-0.3, -0.25) is 9.69 Å². The van der Waals surface area contributed by atoms with Gasteiger partial charge in [0.1, 0.15) is 6.61 Å². The number of piperidine rings is 1. The molecule has 2 atom stereocenters. The van der Waals surface area contributed by atoms with Crippen molar-refractivity contribution in [3.05, 3.63) is 0 Å². The third kappa shape index (κ3) is 2.60. The van der Waals surface area contributed by atoms with Crippen LogP contribution < -0.4 is 5.32 Å². The van der Waals surface area contributed by atoms with E-state index in [-0.39, 0.29) is 5.91 Å². The summed E-state index contributed by atoms with van der Waals surface area (Å²) in [5.74, 6) is -0.143. The first-order chi connectivity index (χ1) is 9.13. The molecular weight excluding hydrogens is 246 g/mol. The summed E-state index contributed by atoms with van der Waals surface area (Å²) in [5.41, 5.74) is 0. The zero-order valence-corrected chi connectivity index (χ0v) is 11.3. The van der Waals surface area contributed by atoms with Crippen LogP contribution in [0.2, 0.25) is 0 Å². The first kappa shape index (κ1) is 12.9. The molecule has 3 saturated heterocycles. The number of hydrogen-bond acceptors (Lipinski definition) is 5. The number of carbonyl (C=O) groups is 2. The molecule has 0 aromatic heterocycles. The molecule has 3 fully saturated rings. The maximum absolute atomic E-state index is 12.1. The van der Waals surface area contributed by atoms with Crippen LogP contribution in [0.1, 0.15) is 25.7 Å². The summed E-state index contributed by atoms with van der Waals surface area (Å²) < 4.78 is 4.80. The Bertz CT molecular complexity index is 375. The molecule has 2 bridgehead atoms. The van der Waals surface area contributed by atoms with Gasteiger partial charge in [0.2, 0.25) is 5.91 Å². The minimum Gasteiger partial charge on any atom is -0.447 e. The average Bonchev–Trinajstić information content (AvgIpc) is 2.95. The van der Waals surface area contributed by atoms with Crippen LogP contribution in [0.3, 0.4) is 0 Å². The molecule has 3 heterocycles. The van der Waals surface area contributed by atoms with E-state index >= 15 is 0 Å². The number of rotatable bonds is 3. The lowest BCUT2D eigenvalue weighted by Crippen LogP contribution is -2.50. The van der Waals surface area contributed by atoms with Crippen molar-refractivity contribution in [1.82, 2.24) is 15.1 Å². The van der Waals surface area contributed by atoms with Crippen molar-refractivity contribution in [3.63, 3.8) is 0 Å². The lowest BCUT2D eigenvalue weighted by molar-refractivity contribution is -0.129. The highest BCUT2D eigenvalue weighted by molar-refractivity contribution is 5.94. The molecule has 6 nitrogen and oxygen atoms in total. The van der Waals surface area contributed by atoms with Gasteiger partial charge < -0.3 is 10.1 Å². The van der Waals surface area contributed by atoms with E-state index in [1.807, 2.05) is 7.05 Å². The van der Waals surface area contributed by atoms with Crippen molar-refractivity contribution in [2.45, 2.75) is 43.8 Å². The van der Waals surface area contributed by atoms with Gasteiger partial charge >= 0.3 is 6.09 Å². The normalized spacial score (nSPS) is 33.9. The molecule has 0 saturated carbocycles. The van der Waals surface area contributed by atoms with E-state index in [1.165, 1.54) is 17.7 Å². The predicted molar refractivity (Wildman–Crippen MR) is 68.7 cm³/mol. The molecule has 19 heavy (non-hydrogen) atoms. The van der Waals surface area contributed by atoms with Gasteiger partial charge in [0, 0.05) is 18.1 Å². The topological polar surface area (TPSA) is 61.9 Å². The van der Waals surface area contributed by atoms with Gasteiger partial charge in [0.15, 0.2) is 0 Å². The first-order valence-electron chi connectivity index (χ1n) is 7.07. The molecule has 3 aliphatic heterocycles. The second kappa shape index (κ2) is 5.09. The molecule has 2 amide bonds. The van der Waals surface area contributed by atoms with Gasteiger partial charge in [-0.25, -0.2) is 9.69 Å². The number of likely N-dealkylation sites (N-methyl/N-ethyl adjacent to an activating group) is 1. The maximum Gasteiger partial charge on any atom is 0.416 e. The fourth-order valence-corrected chi connectivity index (χ4v) is 3.43. The van der Waals surface area contributed by atoms with Gasteiger partial charge in [0.05, 0.1) is 13.1 Å². The summed E-state index contributed by atoms with van der Waals surface area (Å²) in [6, 6.07) is 1.66. The van der Waals surface area contributed by atoms with Gasteiger partial charge in [0.25, 0.3) is 0 Å². The fraction of sp³-hybridized carbons (Fsp3) is 0.846. The van der Waals surface area contributed by atoms with Crippen molar-refractivity contribution in [2.24, 2.45) is 0 Å². The number of fused-ring (bicyclic) bond motifs is 2. The van der Waals surface area contributed by atoms with Crippen molar-refractivity contribution >= 4 is 12.0 Å². The summed E-state index contributed by atoms with van der Waals surface area (Å²) in [5, 5.41) is 3.59. The van der Waals surface area contributed by atoms with E-state index in [2.05, 4.69) is 10.2 Å². The Morgan fingerprint density at radius 2 is 2.11 bits per heavy atom. The second-order valence-corrected chi connectivity index (χ2v) is 5.84. The Labute approximate surface area is 113 Å². The maximum atomic E-state index is 12.1. The van der Waals surface area contributed by atoms with Crippen molar-refractivity contribution in [2.75, 3.05) is 26.7 Å². The van der Waals surface area contributed by atoms with Gasteiger partial charge in [-0.15, -0.1) is 0 Å². The average molecular weight is 267 g/mol. The summed E-state index contributed by atoms with van der Waals surface area (Å²) in [4.78, 5) is 26.7. The molecule has 106 valence electrons. The molecule has 6 heteroatoms. The Kier molecular flexibility index (Phi) is 3.45. The summed E-state index contributed by atoms with van der Waals surface area (Å²) >= 11 is 0. The third-order valence-corrected chi connectivity index (χ3v) is 4.52. The molecule has 1 N–H and O–H groups in total. The predicted octanol–water partition coefficient (Wildman–Crippen LogP) is 0.180. The van der Waals surface area contributed by atoms with E-state index in [0.717, 1.165) is 12.8 Å². The monoisotopic (exact) mass is 267 g/mol. The summed E-state index contributed by atoms with van der Waals surface area (Å²) in [7, 11) is 1.98. The minimum absolute atomic E-state index is 0.143. The van der Waals surface area contributed by atoms with Crippen LogP contribution in [0.5, 0.6) is 0 Å². The van der Waals surface area contributed by atoms with Gasteiger partial charge in [-0.05, 0) is 32.7 Å². The highest BCUT2D eigenvalue weighted by Crippen LogP contribution is 2.29. The third-order valence-electron chi connectivity index (χ3n) is 4.52. The van der Waals surface area contributed by atoms with E-state index < -0.39 is 6.09 Å². The minimum atomic E-state index is -0.496. The molecule has 3 rings (SSSR count). The van der Waals surface area contributed by atoms with Crippen LogP contribution in [0.15, 0.2) is 0 Å². The number of ether oxygens (including phenoxy) is 1. The van der Waals surface area contributed by atoms with Gasteiger partial charge in [-0.1, -0.05) is 0 Å². The van der Waals surface area contributed by atoms with E-state index in [1.54, 1.807) is 0 Å². The van der Waals surface area contributed by atoms with Crippen molar-refractivity contribution in [3.8, 4) is 0 Å². The van der Waals surface area contributed by atoms with Crippen molar-refractivity contribution < 1.29 is 14.3 Å². The number of imide groups is 1. The zero-order valence-electron chi connectivity index (χ0n) is 11.3. The molecule has 0 radical (unpaired) electrons. The molecule has 0 spiro atoms. The summed E-state index contributed by atoms with van der Waals surface area (Å²) in [6.45, 7) is 1.02. The van der Waals surface area contributed by atoms with Crippen LogP contribution in [0.4, 0.5) is 4.79 Å². The van der Waals surface area contributed by atoms with Crippen LogP contribution in [0.25, 0.3) is 0 Å². The van der Waals surface area contributed by atoms with Gasteiger partial charge in [-0.2, -0.15) is 0 Å². The molecule has 3 aliphatic rings. The quantitative estimate of drug-likeness (QED) is 0.790. The largest absolute Gasteiger partial charge is 0.447 e. The molecule has 0 aromatic rings. The SMILES string of the molecule is CN(CC(=O)N1CCOC1=O)C1CC2CCC(C1)N2. The number of nitrogens with one attached hydrogen (secondary N) is 1. The smallest absolute Gasteiger partial charge is 0.416 e. The Morgan fingerprint density at radius 3 is 2.68 bits per heavy atom.